The van der Waals surface area contributed by atoms with Gasteiger partial charge in [0, 0.05) is 104 Å². The van der Waals surface area contributed by atoms with Crippen LogP contribution >= 0.6 is 69.6 Å². The molecule has 0 bridgehead atoms. The molecule has 10 rings (SSSR count). The van der Waals surface area contributed by atoms with Crippen LogP contribution < -0.4 is 25.7 Å². The van der Waals surface area contributed by atoms with Crippen LogP contribution in [0.4, 0.5) is 22.7 Å². The van der Waals surface area contributed by atoms with Gasteiger partial charge >= 0.3 is 11.4 Å². The number of methoxy groups -OCH3 is 3. The van der Waals surface area contributed by atoms with Crippen molar-refractivity contribution in [2.24, 2.45) is 0 Å². The summed E-state index contributed by atoms with van der Waals surface area (Å²) in [5.74, 6) is 2.08. The van der Waals surface area contributed by atoms with Gasteiger partial charge in [-0.15, -0.1) is 0 Å². The van der Waals surface area contributed by atoms with Gasteiger partial charge in [-0.3, -0.25) is 35.2 Å². The summed E-state index contributed by atoms with van der Waals surface area (Å²) >= 11 is 35.0. The molecule has 74 heavy (non-hydrogen) atoms. The largest absolute Gasteiger partial charge is 0.496 e. The molecule has 16 nitrogen and oxygen atoms in total. The van der Waals surface area contributed by atoms with Crippen molar-refractivity contribution in [3.05, 3.63) is 199 Å². The normalized spacial score (nSPS) is 9.85. The number of pyridine rings is 5. The summed E-state index contributed by atoms with van der Waals surface area (Å²) in [4.78, 5) is 40.9. The van der Waals surface area contributed by atoms with E-state index in [1.54, 1.807) is 87.4 Å². The van der Waals surface area contributed by atoms with E-state index >= 15 is 0 Å². The second-order valence-electron chi connectivity index (χ2n) is 14.0. The molecule has 0 saturated carbocycles. The Bertz CT molecular complexity index is 3570. The Morgan fingerprint density at radius 1 is 0.446 bits per heavy atom. The van der Waals surface area contributed by atoms with E-state index in [1.807, 2.05) is 36.4 Å². The summed E-state index contributed by atoms with van der Waals surface area (Å²) in [5.41, 5.74) is 15.1. The first-order valence-electron chi connectivity index (χ1n) is 20.0. The number of halogens is 6. The second-order valence-corrected chi connectivity index (χ2v) is 16.5. The second kappa shape index (κ2) is 29.8. The summed E-state index contributed by atoms with van der Waals surface area (Å²) < 4.78 is 15.5. The minimum atomic E-state index is -0.562. The van der Waals surface area contributed by atoms with Crippen LogP contribution in [0.15, 0.2) is 134 Å². The van der Waals surface area contributed by atoms with Crippen LogP contribution in [0.2, 0.25) is 30.1 Å². The van der Waals surface area contributed by atoms with Crippen molar-refractivity contribution in [2.45, 2.75) is 0 Å². The SMILES string of the molecule is COc1ccnc2c(N)c(Cl)ccc12.COc1ccnc2c(N)cccc12.COc1ccnc2c([N+](=O)[O-])c(Cl)ccc12.Clc1ccc2c(Cl)ccnc2c1.O=[N+]([O-])c1c(Cl)ccc2c(Cl)ccnc12.[CH3-].[CH3-].[Pd].[Pd]. The van der Waals surface area contributed by atoms with Gasteiger partial charge in [-0.05, 0) is 97.1 Å². The van der Waals surface area contributed by atoms with E-state index in [-0.39, 0.29) is 88.2 Å². The number of nitrogens with zero attached hydrogens (tertiary/aromatic N) is 7. The van der Waals surface area contributed by atoms with Gasteiger partial charge in [0.15, 0.2) is 11.0 Å². The van der Waals surface area contributed by atoms with E-state index in [9.17, 15) is 20.2 Å². The molecule has 0 radical (unpaired) electrons. The van der Waals surface area contributed by atoms with Gasteiger partial charge in [0.2, 0.25) is 0 Å². The molecule has 0 unspecified atom stereocenters. The van der Waals surface area contributed by atoms with Crippen LogP contribution in [-0.2, 0) is 40.8 Å². The number of fused-ring (bicyclic) bond motifs is 5. The molecule has 0 aliphatic heterocycles. The van der Waals surface area contributed by atoms with Crippen molar-refractivity contribution in [1.82, 2.24) is 24.9 Å². The number of nitro benzene ring substituents is 2. The number of anilines is 2. The van der Waals surface area contributed by atoms with E-state index in [4.69, 9.17) is 95.3 Å². The quantitative estimate of drug-likeness (QED) is 0.0537. The van der Waals surface area contributed by atoms with Gasteiger partial charge in [-0.1, -0.05) is 75.7 Å². The fourth-order valence-electron chi connectivity index (χ4n) is 6.63. The topological polar surface area (TPSA) is 230 Å². The maximum Gasteiger partial charge on any atom is 0.313 e. The number of hydrogen-bond acceptors (Lipinski definition) is 14. The Morgan fingerprint density at radius 3 is 1.35 bits per heavy atom. The fourth-order valence-corrected chi connectivity index (χ4v) is 7.82. The number of ether oxygens (including phenoxy) is 3. The molecule has 0 fully saturated rings. The van der Waals surface area contributed by atoms with Crippen LogP contribution in [0.1, 0.15) is 0 Å². The van der Waals surface area contributed by atoms with Crippen molar-refractivity contribution in [3.63, 3.8) is 0 Å². The van der Waals surface area contributed by atoms with E-state index in [0.29, 0.717) is 53.5 Å². The van der Waals surface area contributed by atoms with Crippen molar-refractivity contribution in [1.29, 1.82) is 0 Å². The number of nitrogen functional groups attached to an aromatic ring is 2. The van der Waals surface area contributed by atoms with Gasteiger partial charge in [0.05, 0.1) is 74.2 Å². The number of benzene rings is 5. The number of rotatable bonds is 5. The Balaban J connectivity index is 0.000000313. The molecule has 5 aromatic carbocycles. The van der Waals surface area contributed by atoms with E-state index in [0.717, 1.165) is 38.7 Å². The van der Waals surface area contributed by atoms with E-state index < -0.39 is 9.85 Å². The summed E-state index contributed by atoms with van der Waals surface area (Å²) in [6.07, 6.45) is 7.87. The zero-order chi connectivity index (χ0) is 50.6. The van der Waals surface area contributed by atoms with E-state index in [2.05, 4.69) is 24.9 Å². The molecule has 0 atom stereocenters. The maximum atomic E-state index is 10.9. The summed E-state index contributed by atoms with van der Waals surface area (Å²) in [7, 11) is 4.74. The minimum Gasteiger partial charge on any atom is -0.496 e. The number of aromatic nitrogens is 5. The van der Waals surface area contributed by atoms with Crippen molar-refractivity contribution in [2.75, 3.05) is 32.8 Å². The molecular formula is C50H41Cl6N9O7Pd2-2. The molecule has 0 saturated heterocycles. The van der Waals surface area contributed by atoms with Gasteiger partial charge < -0.3 is 40.5 Å². The van der Waals surface area contributed by atoms with Gasteiger partial charge in [0.1, 0.15) is 27.3 Å². The van der Waals surface area contributed by atoms with Crippen LogP contribution in [0.25, 0.3) is 54.5 Å². The molecule has 0 spiro atoms. The first kappa shape index (κ1) is 64.1. The number of para-hydroxylation sites is 1. The molecule has 5 heterocycles. The predicted octanol–water partition coefficient (Wildman–Crippen LogP) is 15.0. The standard InChI is InChI=1S/C10H7ClN2O3.C10H9ClN2O.C10H10N2O.C9H4Cl2N2O2.C9H5Cl2N.2CH3.2Pd/c1-16-8-4-5-12-9-6(8)2-3-7(11)10(9)13(14)15;1-14-8-4-5-13-10-6(8)2-3-7(11)9(10)12;1-13-9-5-6-12-10-7(9)3-2-4-8(10)11;10-6-3-4-12-8-5(6)1-2-7(11)9(8)13(14)15;10-6-1-2-7-8(11)3-4-12-9(7)5-6;;;;/h2-5H,1H3;2-5H,12H2,1H3;2-6H,11H2,1H3;1-4H;1-5H;2*1H3;;/q;;;;;2*-1;;. The Labute approximate surface area is 482 Å². The molecule has 392 valence electrons. The Kier molecular flexibility index (Phi) is 25.8. The summed E-state index contributed by atoms with van der Waals surface area (Å²) in [6.45, 7) is 0. The van der Waals surface area contributed by atoms with Gasteiger partial charge in [0.25, 0.3) is 0 Å². The third-order valence-electron chi connectivity index (χ3n) is 9.88. The summed E-state index contributed by atoms with van der Waals surface area (Å²) in [5, 5.41) is 27.9. The fraction of sp³-hybridized carbons (Fsp3) is 0.0600. The van der Waals surface area contributed by atoms with Crippen LogP contribution in [0, 0.1) is 35.1 Å². The monoisotopic (exact) mass is 1300 g/mol. The molecule has 0 aliphatic carbocycles. The van der Waals surface area contributed by atoms with Crippen molar-refractivity contribution < 1.29 is 64.9 Å². The molecular weight excluding hydrogens is 1260 g/mol. The first-order valence-corrected chi connectivity index (χ1v) is 22.2. The minimum absolute atomic E-state index is 0. The van der Waals surface area contributed by atoms with Crippen molar-refractivity contribution in [3.8, 4) is 17.2 Å². The third kappa shape index (κ3) is 15.1. The smallest absolute Gasteiger partial charge is 0.313 e. The molecule has 5 aromatic heterocycles. The Hall–Kier alpha value is -5.99. The predicted molar refractivity (Wildman–Crippen MR) is 293 cm³/mol. The van der Waals surface area contributed by atoms with Gasteiger partial charge in [-0.2, -0.15) is 0 Å². The van der Waals surface area contributed by atoms with Crippen LogP contribution in [-0.4, -0.2) is 56.1 Å². The maximum absolute atomic E-state index is 10.9. The molecule has 10 aromatic rings. The van der Waals surface area contributed by atoms with Crippen LogP contribution in [0.5, 0.6) is 17.2 Å². The average molecular weight is 1310 g/mol. The number of nitrogens with two attached hydrogens (primary N) is 2. The molecule has 0 amide bonds. The van der Waals surface area contributed by atoms with Crippen LogP contribution in [0.3, 0.4) is 0 Å². The molecule has 0 aliphatic rings. The first-order chi connectivity index (χ1) is 33.6. The zero-order valence-electron chi connectivity index (χ0n) is 39.2. The van der Waals surface area contributed by atoms with E-state index in [1.165, 1.54) is 31.6 Å². The third-order valence-corrected chi connectivity index (χ3v) is 11.7. The average Bonchev–Trinajstić information content (AvgIpc) is 3.35. The molecule has 4 N–H and O–H groups in total. The Morgan fingerprint density at radius 2 is 0.838 bits per heavy atom. The number of hydrogen-bond donors (Lipinski definition) is 2. The van der Waals surface area contributed by atoms with Gasteiger partial charge in [-0.25, -0.2) is 9.97 Å². The molecule has 24 heteroatoms. The van der Waals surface area contributed by atoms with Crippen molar-refractivity contribution >= 4 is 147 Å². The number of nitro groups is 2. The summed E-state index contributed by atoms with van der Waals surface area (Å²) in [6, 6.07) is 29.5. The zero-order valence-corrected chi connectivity index (χ0v) is 46.9.